The maximum atomic E-state index is 11.6. The van der Waals surface area contributed by atoms with Crippen molar-refractivity contribution in [3.8, 4) is 11.3 Å². The molecule has 132 valence electrons. The molecule has 2 heterocycles. The smallest absolute Gasteiger partial charge is 0.320 e. The Hall–Kier alpha value is -3.55. The lowest BCUT2D eigenvalue weighted by Gasteiger charge is -2.07. The van der Waals surface area contributed by atoms with Crippen LogP contribution in [0.25, 0.3) is 22.4 Å². The highest BCUT2D eigenvalue weighted by Crippen LogP contribution is 2.21. The lowest BCUT2D eigenvalue weighted by molar-refractivity contribution is -0.114. The van der Waals surface area contributed by atoms with Crippen LogP contribution in [-0.4, -0.2) is 33.4 Å². The number of fused-ring (bicyclic) bond motifs is 1. The van der Waals surface area contributed by atoms with Gasteiger partial charge in [-0.1, -0.05) is 12.1 Å². The maximum absolute atomic E-state index is 11.6. The van der Waals surface area contributed by atoms with Crippen molar-refractivity contribution in [2.75, 3.05) is 17.2 Å². The van der Waals surface area contributed by atoms with E-state index in [2.05, 4.69) is 30.9 Å². The summed E-state index contributed by atoms with van der Waals surface area (Å²) in [5.41, 5.74) is 3.27. The number of nitrogens with zero attached hydrogens (tertiary/aromatic N) is 3. The molecule has 2 aromatic heterocycles. The first kappa shape index (κ1) is 17.3. The molecule has 8 heteroatoms. The summed E-state index contributed by atoms with van der Waals surface area (Å²) in [4.78, 5) is 35.9. The van der Waals surface area contributed by atoms with Crippen molar-refractivity contribution in [2.24, 2.45) is 0 Å². The highest BCUT2D eigenvalue weighted by Gasteiger charge is 2.07. The average Bonchev–Trinajstić information content (AvgIpc) is 2.61. The highest BCUT2D eigenvalue weighted by molar-refractivity contribution is 5.90. The van der Waals surface area contributed by atoms with Gasteiger partial charge in [-0.15, -0.1) is 0 Å². The van der Waals surface area contributed by atoms with Crippen LogP contribution in [0.2, 0.25) is 0 Å². The van der Waals surface area contributed by atoms with Gasteiger partial charge in [-0.25, -0.2) is 14.8 Å². The molecule has 0 spiro atoms. The van der Waals surface area contributed by atoms with Gasteiger partial charge in [0.15, 0.2) is 5.65 Å². The fourth-order valence-electron chi connectivity index (χ4n) is 2.36. The van der Waals surface area contributed by atoms with Gasteiger partial charge >= 0.3 is 6.03 Å². The third-order valence-electron chi connectivity index (χ3n) is 3.49. The Bertz CT molecular complexity index is 956. The molecule has 0 aliphatic carbocycles. The summed E-state index contributed by atoms with van der Waals surface area (Å²) in [6, 6.07) is 10.4. The second kappa shape index (κ2) is 7.56. The molecular weight excluding hydrogens is 332 g/mol. The Balaban J connectivity index is 1.87. The number of hydrogen-bond donors (Lipinski definition) is 3. The van der Waals surface area contributed by atoms with Crippen LogP contribution in [0.15, 0.2) is 42.6 Å². The van der Waals surface area contributed by atoms with E-state index in [9.17, 15) is 9.59 Å². The number of urea groups is 1. The van der Waals surface area contributed by atoms with E-state index in [1.807, 2.05) is 19.1 Å². The summed E-state index contributed by atoms with van der Waals surface area (Å²) < 4.78 is 0. The summed E-state index contributed by atoms with van der Waals surface area (Å²) in [5.74, 6) is 0.274. The number of aromatic nitrogens is 3. The fourth-order valence-corrected chi connectivity index (χ4v) is 2.36. The van der Waals surface area contributed by atoms with Gasteiger partial charge in [0.25, 0.3) is 0 Å². The Labute approximate surface area is 150 Å². The number of rotatable bonds is 4. The van der Waals surface area contributed by atoms with Gasteiger partial charge in [0.1, 0.15) is 11.3 Å². The van der Waals surface area contributed by atoms with Crippen LogP contribution < -0.4 is 16.0 Å². The third kappa shape index (κ3) is 4.10. The van der Waals surface area contributed by atoms with Crippen molar-refractivity contribution in [1.29, 1.82) is 0 Å². The van der Waals surface area contributed by atoms with Crippen molar-refractivity contribution < 1.29 is 9.59 Å². The normalized spacial score (nSPS) is 10.4. The van der Waals surface area contributed by atoms with Gasteiger partial charge in [-0.05, 0) is 31.2 Å². The van der Waals surface area contributed by atoms with E-state index in [1.54, 1.807) is 30.5 Å². The van der Waals surface area contributed by atoms with Crippen LogP contribution >= 0.6 is 0 Å². The van der Waals surface area contributed by atoms with Gasteiger partial charge in [-0.3, -0.25) is 15.1 Å². The predicted octanol–water partition coefficient (Wildman–Crippen LogP) is 2.79. The molecule has 1 aromatic carbocycles. The van der Waals surface area contributed by atoms with Crippen molar-refractivity contribution >= 4 is 34.6 Å². The number of amides is 3. The molecule has 0 saturated heterocycles. The topological polar surface area (TPSA) is 109 Å². The molecule has 0 aliphatic heterocycles. The van der Waals surface area contributed by atoms with E-state index in [1.165, 1.54) is 6.92 Å². The Kier molecular flexibility index (Phi) is 5.02. The molecule has 0 bridgehead atoms. The van der Waals surface area contributed by atoms with Crippen LogP contribution in [0.4, 0.5) is 16.3 Å². The van der Waals surface area contributed by atoms with Crippen molar-refractivity contribution in [1.82, 2.24) is 20.3 Å². The molecule has 0 radical (unpaired) electrons. The second-order valence-electron chi connectivity index (χ2n) is 5.54. The van der Waals surface area contributed by atoms with E-state index in [-0.39, 0.29) is 11.9 Å². The van der Waals surface area contributed by atoms with Gasteiger partial charge in [0.2, 0.25) is 5.91 Å². The first-order valence-corrected chi connectivity index (χ1v) is 8.12. The summed E-state index contributed by atoms with van der Waals surface area (Å²) in [7, 11) is 0. The number of carbonyl (C=O) groups excluding carboxylic acids is 2. The standard InChI is InChI=1S/C18H18N6O2/c1-3-19-18(26)24-16-9-8-14-17(23-16)22-15(10-20-14)12-4-6-13(7-5-12)21-11(2)25/h4-10H,3H2,1-2H3,(H,21,25)(H2,19,22,23,24,26). The predicted molar refractivity (Wildman–Crippen MR) is 99.8 cm³/mol. The molecule has 0 unspecified atom stereocenters. The average molecular weight is 350 g/mol. The lowest BCUT2D eigenvalue weighted by atomic mass is 10.1. The molecule has 0 atom stereocenters. The van der Waals surface area contributed by atoms with E-state index in [0.29, 0.717) is 34.9 Å². The molecule has 3 rings (SSSR count). The molecule has 0 saturated carbocycles. The number of hydrogen-bond acceptors (Lipinski definition) is 5. The van der Waals surface area contributed by atoms with Crippen LogP contribution in [0.5, 0.6) is 0 Å². The molecule has 3 amide bonds. The first-order chi connectivity index (χ1) is 12.5. The van der Waals surface area contributed by atoms with E-state index in [4.69, 9.17) is 0 Å². The quantitative estimate of drug-likeness (QED) is 0.670. The van der Waals surface area contributed by atoms with E-state index >= 15 is 0 Å². The molecular formula is C18H18N6O2. The van der Waals surface area contributed by atoms with Gasteiger partial charge in [0.05, 0.1) is 11.9 Å². The maximum Gasteiger partial charge on any atom is 0.320 e. The van der Waals surface area contributed by atoms with Crippen molar-refractivity contribution in [3.63, 3.8) is 0 Å². The first-order valence-electron chi connectivity index (χ1n) is 8.12. The largest absolute Gasteiger partial charge is 0.338 e. The molecule has 0 fully saturated rings. The third-order valence-corrected chi connectivity index (χ3v) is 3.49. The van der Waals surface area contributed by atoms with Crippen LogP contribution in [0, 0.1) is 0 Å². The van der Waals surface area contributed by atoms with Crippen LogP contribution in [-0.2, 0) is 4.79 Å². The molecule has 0 aliphatic rings. The Morgan fingerprint density at radius 1 is 1.00 bits per heavy atom. The van der Waals surface area contributed by atoms with E-state index in [0.717, 1.165) is 5.56 Å². The minimum atomic E-state index is -0.322. The number of pyridine rings is 1. The van der Waals surface area contributed by atoms with E-state index < -0.39 is 0 Å². The van der Waals surface area contributed by atoms with Gasteiger partial charge < -0.3 is 10.6 Å². The monoisotopic (exact) mass is 350 g/mol. The van der Waals surface area contributed by atoms with Crippen LogP contribution in [0.3, 0.4) is 0 Å². The van der Waals surface area contributed by atoms with Gasteiger partial charge in [-0.2, -0.15) is 0 Å². The lowest BCUT2D eigenvalue weighted by Crippen LogP contribution is -2.28. The summed E-state index contributed by atoms with van der Waals surface area (Å²) in [6.07, 6.45) is 1.66. The minimum Gasteiger partial charge on any atom is -0.338 e. The minimum absolute atomic E-state index is 0.125. The summed E-state index contributed by atoms with van der Waals surface area (Å²) in [6.45, 7) is 3.82. The van der Waals surface area contributed by atoms with Gasteiger partial charge in [0, 0.05) is 24.7 Å². The molecule has 3 aromatic rings. The Morgan fingerprint density at radius 2 is 1.77 bits per heavy atom. The molecule has 8 nitrogen and oxygen atoms in total. The van der Waals surface area contributed by atoms with Crippen molar-refractivity contribution in [3.05, 3.63) is 42.6 Å². The SMILES string of the molecule is CCNC(=O)Nc1ccc2ncc(-c3ccc(NC(C)=O)cc3)nc2n1. The fraction of sp³-hybridized carbons (Fsp3) is 0.167. The zero-order chi connectivity index (χ0) is 18.5. The highest BCUT2D eigenvalue weighted by atomic mass is 16.2. The summed E-state index contributed by atoms with van der Waals surface area (Å²) >= 11 is 0. The number of anilines is 2. The second-order valence-corrected chi connectivity index (χ2v) is 5.54. The molecule has 3 N–H and O–H groups in total. The van der Waals surface area contributed by atoms with Crippen molar-refractivity contribution in [2.45, 2.75) is 13.8 Å². The summed E-state index contributed by atoms with van der Waals surface area (Å²) in [5, 5.41) is 8.01. The zero-order valence-corrected chi connectivity index (χ0v) is 14.4. The van der Waals surface area contributed by atoms with Crippen LogP contribution in [0.1, 0.15) is 13.8 Å². The number of benzene rings is 1. The Morgan fingerprint density at radius 3 is 2.46 bits per heavy atom. The zero-order valence-electron chi connectivity index (χ0n) is 14.4. The number of carbonyl (C=O) groups is 2. The number of nitrogens with one attached hydrogen (secondary N) is 3. The molecule has 26 heavy (non-hydrogen) atoms.